The number of nitrogens with one attached hydrogen (secondary N) is 1. The molecule has 6 nitrogen and oxygen atoms in total. The largest absolute Gasteiger partial charge is 0.495 e. The summed E-state index contributed by atoms with van der Waals surface area (Å²) >= 11 is 5.96. The number of ether oxygens (including phenoxy) is 1. The van der Waals surface area contributed by atoms with Crippen LogP contribution in [-0.2, 0) is 11.3 Å². The third kappa shape index (κ3) is 4.01. The number of carbonyl (C=O) groups excluding carboxylic acids is 1. The Labute approximate surface area is 151 Å². The van der Waals surface area contributed by atoms with Gasteiger partial charge in [-0.15, -0.1) is 0 Å². The number of methoxy groups -OCH3 is 1. The van der Waals surface area contributed by atoms with Crippen LogP contribution in [-0.4, -0.2) is 22.8 Å². The van der Waals surface area contributed by atoms with Gasteiger partial charge in [-0.2, -0.15) is 10.4 Å². The summed E-state index contributed by atoms with van der Waals surface area (Å²) in [5.74, 6) is -0.0766. The molecule has 25 heavy (non-hydrogen) atoms. The number of nitrogens with zero attached hydrogens (tertiary/aromatic N) is 3. The highest BCUT2D eigenvalue weighted by Gasteiger charge is 2.16. The lowest BCUT2D eigenvalue weighted by Gasteiger charge is -2.10. The molecule has 2 rings (SSSR count). The van der Waals surface area contributed by atoms with Crippen molar-refractivity contribution in [1.29, 1.82) is 5.26 Å². The summed E-state index contributed by atoms with van der Waals surface area (Å²) in [4.78, 5) is 12.5. The fourth-order valence-electron chi connectivity index (χ4n) is 2.49. The Kier molecular flexibility index (Phi) is 5.84. The lowest BCUT2D eigenvalue weighted by atomic mass is 10.1. The minimum absolute atomic E-state index is 0.0242. The Morgan fingerprint density at radius 3 is 2.76 bits per heavy atom. The molecular formula is C18H19ClN4O2. The zero-order valence-corrected chi connectivity index (χ0v) is 15.3. The third-order valence-corrected chi connectivity index (χ3v) is 4.04. The Bertz CT molecular complexity index is 878. The highest BCUT2D eigenvalue weighted by Crippen LogP contribution is 2.28. The van der Waals surface area contributed by atoms with Gasteiger partial charge in [-0.3, -0.25) is 9.48 Å². The number of anilines is 1. The average Bonchev–Trinajstić information content (AvgIpc) is 2.86. The molecule has 2 aromatic rings. The van der Waals surface area contributed by atoms with Gasteiger partial charge >= 0.3 is 0 Å². The molecule has 0 aliphatic heterocycles. The van der Waals surface area contributed by atoms with Gasteiger partial charge in [0.1, 0.15) is 17.4 Å². The molecule has 1 heterocycles. The minimum Gasteiger partial charge on any atom is -0.495 e. The van der Waals surface area contributed by atoms with Crippen LogP contribution in [0.4, 0.5) is 5.69 Å². The number of rotatable bonds is 5. The summed E-state index contributed by atoms with van der Waals surface area (Å²) in [6.07, 6.45) is 1.55. The smallest absolute Gasteiger partial charge is 0.266 e. The first-order chi connectivity index (χ1) is 11.9. The predicted octanol–water partition coefficient (Wildman–Crippen LogP) is 3.73. The number of aryl methyl sites for hydroxylation is 2. The van der Waals surface area contributed by atoms with E-state index in [1.807, 2.05) is 31.5 Å². The minimum atomic E-state index is -0.536. The van der Waals surface area contributed by atoms with Crippen molar-refractivity contribution < 1.29 is 9.53 Å². The van der Waals surface area contributed by atoms with E-state index in [1.165, 1.54) is 7.11 Å². The van der Waals surface area contributed by atoms with Crippen LogP contribution in [0.1, 0.15) is 23.9 Å². The van der Waals surface area contributed by atoms with Crippen LogP contribution in [0, 0.1) is 25.2 Å². The van der Waals surface area contributed by atoms with Crippen molar-refractivity contribution in [1.82, 2.24) is 9.78 Å². The number of hydrogen-bond donors (Lipinski definition) is 1. The third-order valence-electron chi connectivity index (χ3n) is 3.80. The van der Waals surface area contributed by atoms with E-state index in [0.717, 1.165) is 17.0 Å². The van der Waals surface area contributed by atoms with Crippen LogP contribution in [0.5, 0.6) is 5.75 Å². The molecule has 0 aliphatic carbocycles. The van der Waals surface area contributed by atoms with Crippen LogP contribution in [0.3, 0.4) is 0 Å². The maximum Gasteiger partial charge on any atom is 0.266 e. The normalized spacial score (nSPS) is 11.1. The van der Waals surface area contributed by atoms with Crippen LogP contribution >= 0.6 is 11.6 Å². The zero-order valence-electron chi connectivity index (χ0n) is 14.6. The zero-order chi connectivity index (χ0) is 18.6. The molecule has 130 valence electrons. The van der Waals surface area contributed by atoms with Crippen molar-refractivity contribution in [2.75, 3.05) is 12.4 Å². The van der Waals surface area contributed by atoms with Gasteiger partial charge < -0.3 is 10.1 Å². The Balaban J connectivity index is 2.36. The fraction of sp³-hybridized carbons (Fsp3) is 0.278. The van der Waals surface area contributed by atoms with E-state index in [4.69, 9.17) is 16.3 Å². The Hall–Kier alpha value is -2.78. The second kappa shape index (κ2) is 7.86. The second-order valence-electron chi connectivity index (χ2n) is 5.37. The van der Waals surface area contributed by atoms with Gasteiger partial charge in [-0.05, 0) is 45.0 Å². The Morgan fingerprint density at radius 1 is 1.48 bits per heavy atom. The second-order valence-corrected chi connectivity index (χ2v) is 5.81. The molecule has 0 saturated heterocycles. The van der Waals surface area contributed by atoms with Crippen LogP contribution in [0.2, 0.25) is 5.02 Å². The molecule has 7 heteroatoms. The van der Waals surface area contributed by atoms with Gasteiger partial charge in [0, 0.05) is 22.8 Å². The molecule has 0 saturated carbocycles. The first kappa shape index (κ1) is 18.6. The maximum atomic E-state index is 12.5. The van der Waals surface area contributed by atoms with Crippen LogP contribution < -0.4 is 10.1 Å². The number of amides is 1. The fourth-order valence-corrected chi connectivity index (χ4v) is 2.66. The maximum absolute atomic E-state index is 12.5. The quantitative estimate of drug-likeness (QED) is 0.652. The van der Waals surface area contributed by atoms with Crippen molar-refractivity contribution in [3.63, 3.8) is 0 Å². The number of aromatic nitrogens is 2. The van der Waals surface area contributed by atoms with E-state index in [2.05, 4.69) is 10.4 Å². The van der Waals surface area contributed by atoms with Crippen molar-refractivity contribution in [3.05, 3.63) is 45.7 Å². The highest BCUT2D eigenvalue weighted by molar-refractivity contribution is 6.31. The van der Waals surface area contributed by atoms with Gasteiger partial charge in [-0.25, -0.2) is 0 Å². The lowest BCUT2D eigenvalue weighted by molar-refractivity contribution is -0.112. The number of hydrogen-bond acceptors (Lipinski definition) is 4. The molecule has 0 atom stereocenters. The summed E-state index contributed by atoms with van der Waals surface area (Å²) in [5, 5.41) is 16.9. The summed E-state index contributed by atoms with van der Waals surface area (Å²) in [6.45, 7) is 6.45. The summed E-state index contributed by atoms with van der Waals surface area (Å²) in [6, 6.07) is 6.81. The van der Waals surface area contributed by atoms with E-state index in [9.17, 15) is 10.1 Å². The number of nitriles is 1. The predicted molar refractivity (Wildman–Crippen MR) is 97.6 cm³/mol. The van der Waals surface area contributed by atoms with Crippen molar-refractivity contribution >= 4 is 29.3 Å². The molecule has 0 spiro atoms. The number of benzene rings is 1. The van der Waals surface area contributed by atoms with E-state index >= 15 is 0 Å². The first-order valence-corrected chi connectivity index (χ1v) is 8.09. The van der Waals surface area contributed by atoms with Gasteiger partial charge in [0.05, 0.1) is 18.5 Å². The van der Waals surface area contributed by atoms with Gasteiger partial charge in [0.25, 0.3) is 5.91 Å². The molecule has 0 aliphatic rings. The van der Waals surface area contributed by atoms with Gasteiger partial charge in [0.15, 0.2) is 0 Å². The van der Waals surface area contributed by atoms with Crippen molar-refractivity contribution in [2.45, 2.75) is 27.3 Å². The highest BCUT2D eigenvalue weighted by atomic mass is 35.5. The molecule has 0 radical (unpaired) electrons. The van der Waals surface area contributed by atoms with E-state index in [1.54, 1.807) is 24.3 Å². The molecule has 1 aromatic heterocycles. The lowest BCUT2D eigenvalue weighted by Crippen LogP contribution is -2.14. The molecule has 1 aromatic carbocycles. The number of carbonyl (C=O) groups is 1. The van der Waals surface area contributed by atoms with Crippen molar-refractivity contribution in [2.24, 2.45) is 0 Å². The molecular weight excluding hydrogens is 340 g/mol. The van der Waals surface area contributed by atoms with Gasteiger partial charge in [0.2, 0.25) is 0 Å². The molecule has 0 bridgehead atoms. The average molecular weight is 359 g/mol. The Morgan fingerprint density at radius 2 is 2.20 bits per heavy atom. The van der Waals surface area contributed by atoms with Gasteiger partial charge in [-0.1, -0.05) is 11.6 Å². The molecule has 0 unspecified atom stereocenters. The molecule has 1 amide bonds. The van der Waals surface area contributed by atoms with E-state index in [0.29, 0.717) is 23.0 Å². The monoisotopic (exact) mass is 358 g/mol. The topological polar surface area (TPSA) is 79.9 Å². The van der Waals surface area contributed by atoms with Crippen molar-refractivity contribution in [3.8, 4) is 11.8 Å². The SMILES string of the molecule is CCn1nc(C)c(C=C(C#N)C(=O)Nc2cc(Cl)ccc2OC)c1C. The summed E-state index contributed by atoms with van der Waals surface area (Å²) in [5.41, 5.74) is 2.82. The molecule has 0 fully saturated rings. The summed E-state index contributed by atoms with van der Waals surface area (Å²) < 4.78 is 7.03. The van der Waals surface area contributed by atoms with E-state index in [-0.39, 0.29) is 5.57 Å². The van der Waals surface area contributed by atoms with Crippen LogP contribution in [0.15, 0.2) is 23.8 Å². The van der Waals surface area contributed by atoms with Crippen LogP contribution in [0.25, 0.3) is 6.08 Å². The standard InChI is InChI=1S/C18H19ClN4O2/c1-5-23-12(3)15(11(2)22-23)8-13(10-20)18(24)21-16-9-14(19)6-7-17(16)25-4/h6-9H,5H2,1-4H3,(H,21,24). The van der Waals surface area contributed by atoms with E-state index < -0.39 is 5.91 Å². The first-order valence-electron chi connectivity index (χ1n) is 7.72. The number of halogens is 1. The molecule has 1 N–H and O–H groups in total. The summed E-state index contributed by atoms with van der Waals surface area (Å²) in [7, 11) is 1.49.